The topological polar surface area (TPSA) is 35.6 Å². The van der Waals surface area contributed by atoms with Crippen LogP contribution in [0.2, 0.25) is 0 Å². The third-order valence-electron chi connectivity index (χ3n) is 5.40. The van der Waals surface area contributed by atoms with E-state index in [1.807, 2.05) is 12.1 Å². The summed E-state index contributed by atoms with van der Waals surface area (Å²) in [6, 6.07) is 25.5. The molecule has 0 aliphatic carbocycles. The van der Waals surface area contributed by atoms with Crippen LogP contribution < -0.4 is 0 Å². The molecule has 0 amide bonds. The number of hydrogen-bond acceptors (Lipinski definition) is 2. The molecule has 0 aliphatic heterocycles. The summed E-state index contributed by atoms with van der Waals surface area (Å²) in [5, 5.41) is 0. The van der Waals surface area contributed by atoms with Crippen LogP contribution in [0.25, 0.3) is 22.1 Å². The van der Waals surface area contributed by atoms with Gasteiger partial charge in [0.2, 0.25) is 0 Å². The highest BCUT2D eigenvalue weighted by Crippen LogP contribution is 2.20. The molecule has 0 saturated heterocycles. The molecule has 5 rings (SSSR count). The lowest BCUT2D eigenvalue weighted by Gasteiger charge is -2.10. The zero-order valence-corrected chi connectivity index (χ0v) is 16.1. The van der Waals surface area contributed by atoms with Crippen molar-refractivity contribution >= 4 is 22.1 Å². The van der Waals surface area contributed by atoms with E-state index in [2.05, 4.69) is 93.6 Å². The van der Waals surface area contributed by atoms with E-state index in [0.29, 0.717) is 0 Å². The van der Waals surface area contributed by atoms with Crippen LogP contribution >= 0.6 is 0 Å². The lowest BCUT2D eigenvalue weighted by molar-refractivity contribution is 0.775. The van der Waals surface area contributed by atoms with Crippen molar-refractivity contribution in [3.8, 4) is 0 Å². The predicted molar refractivity (Wildman–Crippen MR) is 114 cm³/mol. The molecule has 0 fully saturated rings. The summed E-state index contributed by atoms with van der Waals surface area (Å²) >= 11 is 0. The number of para-hydroxylation sites is 4. The SMILES string of the molecule is Cc1nc2ccccc2n1Cc1ccc(Cn2c(C)nc3ccccc32)cc1. The van der Waals surface area contributed by atoms with Crippen LogP contribution in [0.3, 0.4) is 0 Å². The first kappa shape index (κ1) is 16.8. The molecule has 3 aromatic carbocycles. The van der Waals surface area contributed by atoms with E-state index in [1.165, 1.54) is 22.2 Å². The minimum atomic E-state index is 0.833. The number of fused-ring (bicyclic) bond motifs is 2. The van der Waals surface area contributed by atoms with E-state index < -0.39 is 0 Å². The second-order valence-corrected chi connectivity index (χ2v) is 7.28. The van der Waals surface area contributed by atoms with Gasteiger partial charge in [-0.2, -0.15) is 0 Å². The second kappa shape index (κ2) is 6.64. The maximum atomic E-state index is 4.67. The number of imidazole rings is 2. The van der Waals surface area contributed by atoms with Crippen LogP contribution in [0.15, 0.2) is 72.8 Å². The third kappa shape index (κ3) is 2.87. The Morgan fingerprint density at radius 1 is 0.571 bits per heavy atom. The van der Waals surface area contributed by atoms with Crippen molar-refractivity contribution < 1.29 is 0 Å². The van der Waals surface area contributed by atoms with Crippen molar-refractivity contribution in [2.45, 2.75) is 26.9 Å². The number of nitrogens with zero attached hydrogens (tertiary/aromatic N) is 4. The Kier molecular flexibility index (Phi) is 3.97. The Bertz CT molecular complexity index is 1170. The molecule has 0 aliphatic rings. The molecule has 0 spiro atoms. The molecular formula is C24H22N4. The van der Waals surface area contributed by atoms with Gasteiger partial charge in [-0.05, 0) is 49.2 Å². The monoisotopic (exact) mass is 366 g/mol. The average molecular weight is 366 g/mol. The number of aryl methyl sites for hydroxylation is 2. The molecule has 28 heavy (non-hydrogen) atoms. The van der Waals surface area contributed by atoms with Gasteiger partial charge in [-0.25, -0.2) is 9.97 Å². The van der Waals surface area contributed by atoms with Gasteiger partial charge >= 0.3 is 0 Å². The third-order valence-corrected chi connectivity index (χ3v) is 5.40. The molecule has 0 radical (unpaired) electrons. The summed E-state index contributed by atoms with van der Waals surface area (Å²) in [4.78, 5) is 9.34. The molecule has 0 bridgehead atoms. The van der Waals surface area contributed by atoms with E-state index in [4.69, 9.17) is 0 Å². The highest BCUT2D eigenvalue weighted by Gasteiger charge is 2.09. The summed E-state index contributed by atoms with van der Waals surface area (Å²) < 4.78 is 4.55. The number of benzene rings is 3. The summed E-state index contributed by atoms with van der Waals surface area (Å²) in [5.74, 6) is 2.09. The van der Waals surface area contributed by atoms with Gasteiger partial charge in [-0.15, -0.1) is 0 Å². The predicted octanol–water partition coefficient (Wildman–Crippen LogP) is 5.10. The maximum absolute atomic E-state index is 4.67. The first-order chi connectivity index (χ1) is 13.7. The van der Waals surface area contributed by atoms with E-state index in [0.717, 1.165) is 35.8 Å². The van der Waals surface area contributed by atoms with Gasteiger partial charge in [-0.3, -0.25) is 0 Å². The van der Waals surface area contributed by atoms with Gasteiger partial charge in [0, 0.05) is 13.1 Å². The van der Waals surface area contributed by atoms with E-state index in [1.54, 1.807) is 0 Å². The van der Waals surface area contributed by atoms with Crippen LogP contribution in [0.4, 0.5) is 0 Å². The Balaban J connectivity index is 1.41. The van der Waals surface area contributed by atoms with Gasteiger partial charge in [0.15, 0.2) is 0 Å². The van der Waals surface area contributed by atoms with Gasteiger partial charge in [0.25, 0.3) is 0 Å². The summed E-state index contributed by atoms with van der Waals surface area (Å²) in [6.07, 6.45) is 0. The number of aromatic nitrogens is 4. The molecule has 0 N–H and O–H groups in total. The fourth-order valence-corrected chi connectivity index (χ4v) is 3.91. The summed E-state index contributed by atoms with van der Waals surface area (Å²) in [7, 11) is 0. The van der Waals surface area contributed by atoms with Crippen LogP contribution in [-0.4, -0.2) is 19.1 Å². The van der Waals surface area contributed by atoms with Crippen molar-refractivity contribution in [1.82, 2.24) is 19.1 Å². The largest absolute Gasteiger partial charge is 0.324 e. The molecule has 4 nitrogen and oxygen atoms in total. The summed E-state index contributed by atoms with van der Waals surface area (Å²) in [6.45, 7) is 5.81. The van der Waals surface area contributed by atoms with Crippen molar-refractivity contribution in [2.75, 3.05) is 0 Å². The zero-order chi connectivity index (χ0) is 19.1. The normalized spacial score (nSPS) is 11.5. The number of hydrogen-bond donors (Lipinski definition) is 0. The second-order valence-electron chi connectivity index (χ2n) is 7.28. The highest BCUT2D eigenvalue weighted by atomic mass is 15.1. The minimum absolute atomic E-state index is 0.833. The molecule has 5 aromatic rings. The zero-order valence-electron chi connectivity index (χ0n) is 16.1. The van der Waals surface area contributed by atoms with Crippen LogP contribution in [0.5, 0.6) is 0 Å². The van der Waals surface area contributed by atoms with Crippen molar-refractivity contribution in [1.29, 1.82) is 0 Å². The fourth-order valence-electron chi connectivity index (χ4n) is 3.91. The Hall–Kier alpha value is -3.40. The Morgan fingerprint density at radius 2 is 0.964 bits per heavy atom. The van der Waals surface area contributed by atoms with Crippen molar-refractivity contribution in [3.05, 3.63) is 95.6 Å². The van der Waals surface area contributed by atoms with Gasteiger partial charge < -0.3 is 9.13 Å². The Labute approximate surface area is 164 Å². The van der Waals surface area contributed by atoms with Crippen molar-refractivity contribution in [3.63, 3.8) is 0 Å². The standard InChI is InChI=1S/C24H22N4/c1-17-25-21-7-3-5-9-23(21)27(17)15-19-11-13-20(14-12-19)16-28-18(2)26-22-8-4-6-10-24(22)28/h3-14H,15-16H2,1-2H3. The van der Waals surface area contributed by atoms with E-state index >= 15 is 0 Å². The highest BCUT2D eigenvalue weighted by molar-refractivity contribution is 5.76. The van der Waals surface area contributed by atoms with Gasteiger partial charge in [-0.1, -0.05) is 48.5 Å². The molecule has 0 atom stereocenters. The molecule has 0 saturated carbocycles. The molecule has 4 heteroatoms. The first-order valence-electron chi connectivity index (χ1n) is 9.60. The van der Waals surface area contributed by atoms with Crippen LogP contribution in [0.1, 0.15) is 22.8 Å². The van der Waals surface area contributed by atoms with Crippen LogP contribution in [0, 0.1) is 13.8 Å². The fraction of sp³-hybridized carbons (Fsp3) is 0.167. The number of rotatable bonds is 4. The molecule has 2 aromatic heterocycles. The Morgan fingerprint density at radius 3 is 1.39 bits per heavy atom. The summed E-state index contributed by atoms with van der Waals surface area (Å²) in [5.41, 5.74) is 7.04. The molecular weight excluding hydrogens is 344 g/mol. The molecule has 2 heterocycles. The van der Waals surface area contributed by atoms with Gasteiger partial charge in [0.05, 0.1) is 22.1 Å². The van der Waals surface area contributed by atoms with Gasteiger partial charge in [0.1, 0.15) is 11.6 Å². The molecule has 138 valence electrons. The maximum Gasteiger partial charge on any atom is 0.107 e. The average Bonchev–Trinajstić information content (AvgIpc) is 3.20. The first-order valence-corrected chi connectivity index (χ1v) is 9.60. The van der Waals surface area contributed by atoms with Crippen molar-refractivity contribution in [2.24, 2.45) is 0 Å². The van der Waals surface area contributed by atoms with Crippen LogP contribution in [-0.2, 0) is 13.1 Å². The smallest absolute Gasteiger partial charge is 0.107 e. The van der Waals surface area contributed by atoms with E-state index in [-0.39, 0.29) is 0 Å². The minimum Gasteiger partial charge on any atom is -0.324 e. The van der Waals surface area contributed by atoms with E-state index in [9.17, 15) is 0 Å². The quantitative estimate of drug-likeness (QED) is 0.444. The lowest BCUT2D eigenvalue weighted by atomic mass is 10.1. The molecule has 0 unspecified atom stereocenters. The lowest BCUT2D eigenvalue weighted by Crippen LogP contribution is -2.04.